The van der Waals surface area contributed by atoms with Crippen molar-refractivity contribution in [2.75, 3.05) is 13.2 Å². The molecule has 5 nitrogen and oxygen atoms in total. The van der Waals surface area contributed by atoms with E-state index in [0.29, 0.717) is 10.6 Å². The fourth-order valence-corrected chi connectivity index (χ4v) is 4.44. The van der Waals surface area contributed by atoms with Gasteiger partial charge in [-0.1, -0.05) is 41.4 Å². The number of hydrogen-bond donors (Lipinski definition) is 0. The third-order valence-electron chi connectivity index (χ3n) is 5.62. The summed E-state index contributed by atoms with van der Waals surface area (Å²) in [6.07, 6.45) is 0.989. The van der Waals surface area contributed by atoms with Gasteiger partial charge in [0.05, 0.1) is 17.7 Å². The zero-order valence-electron chi connectivity index (χ0n) is 16.9. The van der Waals surface area contributed by atoms with E-state index in [4.69, 9.17) is 32.7 Å². The SMILES string of the molecule is CCOC(=O)[C@H](C1CC1)N1C(=O)CO[C@H](c2cccc(Cl)c2)[C@H]1c1ccc(Cl)c(F)c1. The number of hydrogen-bond acceptors (Lipinski definition) is 4. The average molecular weight is 466 g/mol. The minimum absolute atomic E-state index is 0.000702. The van der Waals surface area contributed by atoms with Gasteiger partial charge in [0.25, 0.3) is 0 Å². The fourth-order valence-electron chi connectivity index (χ4n) is 4.12. The van der Waals surface area contributed by atoms with Gasteiger partial charge < -0.3 is 14.4 Å². The molecule has 0 spiro atoms. The highest BCUT2D eigenvalue weighted by molar-refractivity contribution is 6.31. The Bertz CT molecular complexity index is 997. The van der Waals surface area contributed by atoms with Gasteiger partial charge in [0.1, 0.15) is 24.6 Å². The maximum absolute atomic E-state index is 14.4. The first-order chi connectivity index (χ1) is 14.9. The summed E-state index contributed by atoms with van der Waals surface area (Å²) in [6, 6.07) is 9.96. The second-order valence-electron chi connectivity index (χ2n) is 7.74. The van der Waals surface area contributed by atoms with E-state index in [0.717, 1.165) is 18.4 Å². The summed E-state index contributed by atoms with van der Waals surface area (Å²) < 4.78 is 25.6. The molecule has 2 fully saturated rings. The monoisotopic (exact) mass is 465 g/mol. The number of amides is 1. The van der Waals surface area contributed by atoms with Crippen molar-refractivity contribution in [3.05, 3.63) is 69.5 Å². The standard InChI is InChI=1S/C23H22Cl2FNO4/c1-2-30-23(29)21(13-6-7-13)27-19(28)12-31-22(15-4-3-5-16(24)10-15)20(27)14-8-9-17(25)18(26)11-14/h3-5,8-11,13,20-22H,2,6-7,12H2,1H3/t20-,21+,22-/m1/s1. The van der Waals surface area contributed by atoms with Crippen LogP contribution in [0.25, 0.3) is 0 Å². The van der Waals surface area contributed by atoms with Gasteiger partial charge in [0, 0.05) is 5.02 Å². The maximum Gasteiger partial charge on any atom is 0.329 e. The molecule has 3 atom stereocenters. The van der Waals surface area contributed by atoms with Crippen LogP contribution in [-0.4, -0.2) is 36.0 Å². The number of rotatable bonds is 6. The van der Waals surface area contributed by atoms with Gasteiger partial charge in [-0.15, -0.1) is 0 Å². The molecular formula is C23H22Cl2FNO4. The highest BCUT2D eigenvalue weighted by Gasteiger charge is 2.50. The van der Waals surface area contributed by atoms with E-state index >= 15 is 0 Å². The number of benzene rings is 2. The zero-order chi connectivity index (χ0) is 22.1. The lowest BCUT2D eigenvalue weighted by atomic mass is 9.90. The Morgan fingerprint density at radius 1 is 1.23 bits per heavy atom. The van der Waals surface area contributed by atoms with E-state index in [1.54, 1.807) is 31.2 Å². The number of morpholine rings is 1. The van der Waals surface area contributed by atoms with Crippen molar-refractivity contribution in [1.29, 1.82) is 0 Å². The molecule has 1 saturated carbocycles. The van der Waals surface area contributed by atoms with Crippen LogP contribution in [0, 0.1) is 11.7 Å². The topological polar surface area (TPSA) is 55.8 Å². The van der Waals surface area contributed by atoms with Crippen LogP contribution in [-0.2, 0) is 19.1 Å². The minimum Gasteiger partial charge on any atom is -0.464 e. The summed E-state index contributed by atoms with van der Waals surface area (Å²) in [6.45, 7) is 1.73. The molecule has 31 heavy (non-hydrogen) atoms. The van der Waals surface area contributed by atoms with Crippen molar-refractivity contribution in [2.45, 2.75) is 38.0 Å². The molecule has 1 aliphatic carbocycles. The molecular weight excluding hydrogens is 444 g/mol. The Hall–Kier alpha value is -2.15. The number of nitrogens with zero attached hydrogens (tertiary/aromatic N) is 1. The average Bonchev–Trinajstić information content (AvgIpc) is 3.57. The van der Waals surface area contributed by atoms with Gasteiger partial charge in [-0.25, -0.2) is 9.18 Å². The quantitative estimate of drug-likeness (QED) is 0.555. The smallest absolute Gasteiger partial charge is 0.329 e. The van der Waals surface area contributed by atoms with Crippen LogP contribution in [0.5, 0.6) is 0 Å². The van der Waals surface area contributed by atoms with E-state index < -0.39 is 30.0 Å². The molecule has 1 amide bonds. The molecule has 1 heterocycles. The molecule has 2 aromatic carbocycles. The molecule has 164 valence electrons. The van der Waals surface area contributed by atoms with Gasteiger partial charge in [0.2, 0.25) is 5.91 Å². The van der Waals surface area contributed by atoms with Crippen LogP contribution in [0.3, 0.4) is 0 Å². The minimum atomic E-state index is -0.762. The highest BCUT2D eigenvalue weighted by atomic mass is 35.5. The largest absolute Gasteiger partial charge is 0.464 e. The molecule has 1 aliphatic heterocycles. The predicted octanol–water partition coefficient (Wildman–Crippen LogP) is 5.12. The van der Waals surface area contributed by atoms with E-state index in [9.17, 15) is 14.0 Å². The molecule has 1 saturated heterocycles. The van der Waals surface area contributed by atoms with Crippen LogP contribution < -0.4 is 0 Å². The summed E-state index contributed by atoms with van der Waals surface area (Å²) in [5.74, 6) is -1.41. The summed E-state index contributed by atoms with van der Waals surface area (Å²) in [5.41, 5.74) is 1.21. The Kier molecular flexibility index (Phi) is 6.51. The lowest BCUT2D eigenvalue weighted by Gasteiger charge is -2.44. The number of esters is 1. The van der Waals surface area contributed by atoms with Crippen molar-refractivity contribution in [2.24, 2.45) is 5.92 Å². The van der Waals surface area contributed by atoms with Crippen LogP contribution in [0.1, 0.15) is 43.0 Å². The van der Waals surface area contributed by atoms with Gasteiger partial charge in [0.15, 0.2) is 0 Å². The molecule has 8 heteroatoms. The Labute approximate surface area is 190 Å². The molecule has 0 radical (unpaired) electrons. The first kappa shape index (κ1) is 22.1. The van der Waals surface area contributed by atoms with Gasteiger partial charge in [-0.2, -0.15) is 0 Å². The Balaban J connectivity index is 1.84. The van der Waals surface area contributed by atoms with Crippen LogP contribution in [0.4, 0.5) is 4.39 Å². The normalized spacial score (nSPS) is 22.3. The van der Waals surface area contributed by atoms with E-state index in [1.165, 1.54) is 17.0 Å². The number of carbonyl (C=O) groups excluding carboxylic acids is 2. The van der Waals surface area contributed by atoms with Gasteiger partial charge in [-0.3, -0.25) is 4.79 Å². The second-order valence-corrected chi connectivity index (χ2v) is 8.58. The highest BCUT2D eigenvalue weighted by Crippen LogP contribution is 2.46. The first-order valence-corrected chi connectivity index (χ1v) is 11.0. The molecule has 2 aromatic rings. The zero-order valence-corrected chi connectivity index (χ0v) is 18.4. The maximum atomic E-state index is 14.4. The van der Waals surface area contributed by atoms with Gasteiger partial charge >= 0.3 is 5.97 Å². The first-order valence-electron chi connectivity index (χ1n) is 10.2. The van der Waals surface area contributed by atoms with Crippen molar-refractivity contribution >= 4 is 35.1 Å². The van der Waals surface area contributed by atoms with Crippen molar-refractivity contribution in [3.63, 3.8) is 0 Å². The third-order valence-corrected chi connectivity index (χ3v) is 6.16. The lowest BCUT2D eigenvalue weighted by Crippen LogP contribution is -2.54. The number of halogens is 3. The van der Waals surface area contributed by atoms with Crippen molar-refractivity contribution < 1.29 is 23.5 Å². The van der Waals surface area contributed by atoms with Crippen LogP contribution in [0.15, 0.2) is 42.5 Å². The predicted molar refractivity (Wildman–Crippen MR) is 114 cm³/mol. The number of ether oxygens (including phenoxy) is 2. The summed E-state index contributed by atoms with van der Waals surface area (Å²) in [5, 5.41) is 0.483. The van der Waals surface area contributed by atoms with Crippen LogP contribution in [0.2, 0.25) is 10.0 Å². The van der Waals surface area contributed by atoms with E-state index in [1.807, 2.05) is 6.07 Å². The van der Waals surface area contributed by atoms with E-state index in [2.05, 4.69) is 0 Å². The molecule has 0 unspecified atom stereocenters. The molecule has 0 N–H and O–H groups in total. The molecule has 2 aliphatic rings. The third kappa shape index (κ3) is 4.56. The Morgan fingerprint density at radius 3 is 2.65 bits per heavy atom. The number of carbonyl (C=O) groups is 2. The second kappa shape index (κ2) is 9.15. The van der Waals surface area contributed by atoms with Crippen molar-refractivity contribution in [1.82, 2.24) is 4.90 Å². The Morgan fingerprint density at radius 2 is 2.00 bits per heavy atom. The summed E-state index contributed by atoms with van der Waals surface area (Å²) in [4.78, 5) is 27.5. The fraction of sp³-hybridized carbons (Fsp3) is 0.391. The summed E-state index contributed by atoms with van der Waals surface area (Å²) in [7, 11) is 0. The molecule has 0 aromatic heterocycles. The van der Waals surface area contributed by atoms with Crippen LogP contribution >= 0.6 is 23.2 Å². The lowest BCUT2D eigenvalue weighted by molar-refractivity contribution is -0.174. The molecule has 0 bridgehead atoms. The van der Waals surface area contributed by atoms with Gasteiger partial charge in [-0.05, 0) is 61.1 Å². The van der Waals surface area contributed by atoms with Crippen molar-refractivity contribution in [3.8, 4) is 0 Å². The summed E-state index contributed by atoms with van der Waals surface area (Å²) >= 11 is 12.1. The van der Waals surface area contributed by atoms with E-state index in [-0.39, 0.29) is 30.1 Å². The molecule has 4 rings (SSSR count).